The van der Waals surface area contributed by atoms with E-state index in [0.29, 0.717) is 31.6 Å². The van der Waals surface area contributed by atoms with E-state index in [2.05, 4.69) is 25.3 Å². The molecule has 0 saturated heterocycles. The Hall–Kier alpha value is -2.68. The van der Waals surface area contributed by atoms with Gasteiger partial charge in [-0.15, -0.1) is 0 Å². The predicted octanol–water partition coefficient (Wildman–Crippen LogP) is -0.267. The van der Waals surface area contributed by atoms with Crippen molar-refractivity contribution in [2.75, 3.05) is 6.54 Å². The largest absolute Gasteiger partial charge is 0.354 e. The van der Waals surface area contributed by atoms with Crippen molar-refractivity contribution in [3.8, 4) is 0 Å². The highest BCUT2D eigenvalue weighted by Gasteiger charge is 2.19. The molecule has 2 aromatic rings. The van der Waals surface area contributed by atoms with Crippen molar-refractivity contribution in [1.82, 2.24) is 30.0 Å². The Morgan fingerprint density at radius 2 is 2.08 bits per heavy atom. The summed E-state index contributed by atoms with van der Waals surface area (Å²) in [4.78, 5) is 41.5. The van der Waals surface area contributed by atoms with Crippen LogP contribution < -0.4 is 16.6 Å². The molecule has 26 heavy (non-hydrogen) atoms. The average Bonchev–Trinajstić information content (AvgIpc) is 2.93. The Morgan fingerprint density at radius 1 is 1.27 bits per heavy atom. The number of aromatic nitrogens is 4. The highest BCUT2D eigenvalue weighted by atomic mass is 16.2. The molecule has 3 N–H and O–H groups in total. The second-order valence-corrected chi connectivity index (χ2v) is 6.90. The molecule has 3 heterocycles. The predicted molar refractivity (Wildman–Crippen MR) is 95.6 cm³/mol. The van der Waals surface area contributed by atoms with Crippen LogP contribution in [0.25, 0.3) is 0 Å². The van der Waals surface area contributed by atoms with Gasteiger partial charge in [-0.05, 0) is 19.9 Å². The number of rotatable bonds is 6. The Labute approximate surface area is 150 Å². The van der Waals surface area contributed by atoms with Crippen molar-refractivity contribution in [1.29, 1.82) is 0 Å². The number of aromatic amines is 2. The molecule has 0 saturated carbocycles. The van der Waals surface area contributed by atoms with Gasteiger partial charge in [-0.2, -0.15) is 5.10 Å². The SMILES string of the molecule is CC(C)NC(=O)CCc1cc2n(n1)CCN(Cc1cc(=O)[nH]c(=O)[nH]1)C2. The van der Waals surface area contributed by atoms with Gasteiger partial charge in [0.05, 0.1) is 17.9 Å². The molecule has 1 amide bonds. The molecule has 9 heteroatoms. The van der Waals surface area contributed by atoms with Crippen LogP contribution in [0, 0.1) is 0 Å². The van der Waals surface area contributed by atoms with Crippen LogP contribution in [0.15, 0.2) is 21.7 Å². The maximum atomic E-state index is 11.8. The third kappa shape index (κ3) is 4.69. The van der Waals surface area contributed by atoms with E-state index in [1.54, 1.807) is 0 Å². The van der Waals surface area contributed by atoms with Crippen molar-refractivity contribution >= 4 is 5.91 Å². The number of fused-ring (bicyclic) bond motifs is 1. The van der Waals surface area contributed by atoms with E-state index in [0.717, 1.165) is 24.5 Å². The highest BCUT2D eigenvalue weighted by Crippen LogP contribution is 2.16. The molecule has 0 aliphatic carbocycles. The smallest absolute Gasteiger partial charge is 0.325 e. The Balaban J connectivity index is 1.60. The number of carbonyl (C=O) groups is 1. The lowest BCUT2D eigenvalue weighted by molar-refractivity contribution is -0.121. The topological polar surface area (TPSA) is 116 Å². The molecule has 140 valence electrons. The molecule has 9 nitrogen and oxygen atoms in total. The Morgan fingerprint density at radius 3 is 2.81 bits per heavy atom. The summed E-state index contributed by atoms with van der Waals surface area (Å²) in [6, 6.07) is 3.57. The van der Waals surface area contributed by atoms with Crippen molar-refractivity contribution in [2.24, 2.45) is 0 Å². The molecule has 0 bridgehead atoms. The lowest BCUT2D eigenvalue weighted by atomic mass is 10.2. The number of hydrogen-bond acceptors (Lipinski definition) is 5. The van der Waals surface area contributed by atoms with Gasteiger partial charge in [-0.25, -0.2) is 4.79 Å². The Kier molecular flexibility index (Phi) is 5.36. The van der Waals surface area contributed by atoms with Crippen molar-refractivity contribution in [3.05, 3.63) is 50.1 Å². The maximum absolute atomic E-state index is 11.8. The zero-order valence-electron chi connectivity index (χ0n) is 15.0. The molecule has 0 fully saturated rings. The van der Waals surface area contributed by atoms with Gasteiger partial charge in [0.2, 0.25) is 5.91 Å². The number of nitrogens with zero attached hydrogens (tertiary/aromatic N) is 3. The second-order valence-electron chi connectivity index (χ2n) is 6.90. The van der Waals surface area contributed by atoms with Crippen molar-refractivity contribution < 1.29 is 4.79 Å². The van der Waals surface area contributed by atoms with Gasteiger partial charge in [0.15, 0.2) is 0 Å². The van der Waals surface area contributed by atoms with Gasteiger partial charge >= 0.3 is 5.69 Å². The number of hydrogen-bond donors (Lipinski definition) is 3. The highest BCUT2D eigenvalue weighted by molar-refractivity contribution is 5.76. The second kappa shape index (κ2) is 7.69. The summed E-state index contributed by atoms with van der Waals surface area (Å²) in [6.07, 6.45) is 1.03. The zero-order chi connectivity index (χ0) is 18.7. The van der Waals surface area contributed by atoms with Gasteiger partial charge in [0.1, 0.15) is 0 Å². The lowest BCUT2D eigenvalue weighted by Gasteiger charge is -2.27. The van der Waals surface area contributed by atoms with Crippen LogP contribution in [-0.2, 0) is 30.8 Å². The van der Waals surface area contributed by atoms with E-state index >= 15 is 0 Å². The molecule has 0 unspecified atom stereocenters. The number of amides is 1. The first-order chi connectivity index (χ1) is 12.4. The van der Waals surface area contributed by atoms with Gasteiger partial charge in [-0.3, -0.25) is 24.2 Å². The third-order valence-corrected chi connectivity index (χ3v) is 4.20. The summed E-state index contributed by atoms with van der Waals surface area (Å²) in [5.74, 6) is 0.0332. The fourth-order valence-electron chi connectivity index (χ4n) is 3.12. The molecule has 0 aromatic carbocycles. The molecule has 1 aliphatic rings. The average molecular weight is 360 g/mol. The minimum absolute atomic E-state index is 0.0332. The van der Waals surface area contributed by atoms with Crippen LogP contribution in [0.4, 0.5) is 0 Å². The van der Waals surface area contributed by atoms with Crippen LogP contribution >= 0.6 is 0 Å². The molecule has 3 rings (SSSR count). The zero-order valence-corrected chi connectivity index (χ0v) is 15.0. The molecule has 0 radical (unpaired) electrons. The van der Waals surface area contributed by atoms with Gasteiger partial charge in [0.25, 0.3) is 5.56 Å². The summed E-state index contributed by atoms with van der Waals surface area (Å²) < 4.78 is 1.97. The number of nitrogens with one attached hydrogen (secondary N) is 3. The molecular formula is C17H24N6O3. The first-order valence-electron chi connectivity index (χ1n) is 8.79. The maximum Gasteiger partial charge on any atom is 0.325 e. The summed E-state index contributed by atoms with van der Waals surface area (Å²) in [5, 5.41) is 7.45. The third-order valence-electron chi connectivity index (χ3n) is 4.20. The monoisotopic (exact) mass is 360 g/mol. The number of carbonyl (C=O) groups excluding carboxylic acids is 1. The summed E-state index contributed by atoms with van der Waals surface area (Å²) >= 11 is 0. The quantitative estimate of drug-likeness (QED) is 0.656. The first kappa shape index (κ1) is 18.1. The minimum atomic E-state index is -0.489. The van der Waals surface area contributed by atoms with Gasteiger partial charge in [0, 0.05) is 50.3 Å². The van der Waals surface area contributed by atoms with E-state index in [1.807, 2.05) is 24.6 Å². The molecule has 0 atom stereocenters. The normalized spacial score (nSPS) is 14.4. The van der Waals surface area contributed by atoms with Gasteiger partial charge < -0.3 is 10.3 Å². The lowest BCUT2D eigenvalue weighted by Crippen LogP contribution is -2.35. The van der Waals surface area contributed by atoms with Crippen LogP contribution in [-0.4, -0.2) is 43.1 Å². The van der Waals surface area contributed by atoms with Crippen LogP contribution in [0.5, 0.6) is 0 Å². The Bertz CT molecular complexity index is 866. The molecule has 1 aliphatic heterocycles. The van der Waals surface area contributed by atoms with Crippen LogP contribution in [0.1, 0.15) is 37.4 Å². The van der Waals surface area contributed by atoms with E-state index in [9.17, 15) is 14.4 Å². The van der Waals surface area contributed by atoms with Crippen molar-refractivity contribution in [3.63, 3.8) is 0 Å². The molecular weight excluding hydrogens is 336 g/mol. The minimum Gasteiger partial charge on any atom is -0.354 e. The summed E-state index contributed by atoms with van der Waals surface area (Å²) in [5.41, 5.74) is 1.69. The molecule has 2 aromatic heterocycles. The van der Waals surface area contributed by atoms with Crippen molar-refractivity contribution in [2.45, 2.75) is 52.4 Å². The number of H-pyrrole nitrogens is 2. The van der Waals surface area contributed by atoms with Crippen LogP contribution in [0.2, 0.25) is 0 Å². The van der Waals surface area contributed by atoms with Crippen LogP contribution in [0.3, 0.4) is 0 Å². The standard InChI is InChI=1S/C17H24N6O3/c1-11(2)18-15(24)4-3-12-7-14-10-22(5-6-23(14)21-12)9-13-8-16(25)20-17(26)19-13/h7-8,11H,3-6,9-10H2,1-2H3,(H,18,24)(H2,19,20,25,26). The van der Waals surface area contributed by atoms with E-state index in [4.69, 9.17) is 0 Å². The fourth-order valence-corrected chi connectivity index (χ4v) is 3.12. The summed E-state index contributed by atoms with van der Waals surface area (Å²) in [6.45, 7) is 6.57. The van der Waals surface area contributed by atoms with E-state index < -0.39 is 11.2 Å². The molecule has 0 spiro atoms. The summed E-state index contributed by atoms with van der Waals surface area (Å²) in [7, 11) is 0. The van der Waals surface area contributed by atoms with E-state index in [-0.39, 0.29) is 11.9 Å². The first-order valence-corrected chi connectivity index (χ1v) is 8.79. The fraction of sp³-hybridized carbons (Fsp3) is 0.529. The number of aryl methyl sites for hydroxylation is 1. The van der Waals surface area contributed by atoms with Gasteiger partial charge in [-0.1, -0.05) is 0 Å². The van der Waals surface area contributed by atoms with E-state index in [1.165, 1.54) is 6.07 Å².